The molecule has 0 amide bonds. The molecule has 0 aromatic rings. The average molecular weight is 533 g/mol. The number of ether oxygens (including phenoxy) is 2. The molecule has 1 saturated heterocycles. The second-order valence-corrected chi connectivity index (χ2v) is 11.0. The lowest BCUT2D eigenvalue weighted by Crippen LogP contribution is -2.33. The summed E-state index contributed by atoms with van der Waals surface area (Å²) >= 11 is 0. The summed E-state index contributed by atoms with van der Waals surface area (Å²) in [7, 11) is 0. The van der Waals surface area contributed by atoms with E-state index in [2.05, 4.69) is 0 Å². The van der Waals surface area contributed by atoms with Gasteiger partial charge in [0.1, 0.15) is 6.10 Å². The van der Waals surface area contributed by atoms with Crippen LogP contribution < -0.4 is 0 Å². The van der Waals surface area contributed by atoms with Gasteiger partial charge in [-0.05, 0) is 44.4 Å². The highest BCUT2D eigenvalue weighted by Gasteiger charge is 2.43. The molecular weight excluding hydrogens is 482 g/mol. The molecule has 1 saturated carbocycles. The van der Waals surface area contributed by atoms with E-state index in [-0.39, 0.29) is 37.1 Å². The molecule has 1 aliphatic carbocycles. The van der Waals surface area contributed by atoms with Crippen molar-refractivity contribution in [2.45, 2.75) is 147 Å². The van der Waals surface area contributed by atoms with E-state index < -0.39 is 24.1 Å². The standard InChI is InChI=1S/C29H50F2O6/c1-2-3-4-12-19-29(30,31)26(33)18-17-23-22(14-9-7-5-6-8-10-15-27(34)35)24(32)21-25(23)37-28-16-11-13-20-36-28/h17-18,22-26,28,32-33H,2-16,19-21H2,1H3,(H,34,35)/t22?,23-,24?,25?,26?,28?/m1/s1. The fourth-order valence-electron chi connectivity index (χ4n) is 5.59. The van der Waals surface area contributed by atoms with Crippen LogP contribution in [0, 0.1) is 11.8 Å². The fourth-order valence-corrected chi connectivity index (χ4v) is 5.59. The van der Waals surface area contributed by atoms with Crippen LogP contribution in [0.5, 0.6) is 0 Å². The molecule has 0 aromatic heterocycles. The summed E-state index contributed by atoms with van der Waals surface area (Å²) in [5, 5.41) is 29.9. The molecule has 2 fully saturated rings. The molecule has 2 aliphatic rings. The van der Waals surface area contributed by atoms with Gasteiger partial charge in [-0.1, -0.05) is 70.4 Å². The number of aliphatic carboxylic acids is 1. The number of carboxylic acids is 1. The number of alkyl halides is 2. The van der Waals surface area contributed by atoms with Crippen LogP contribution in [0.3, 0.4) is 0 Å². The van der Waals surface area contributed by atoms with Gasteiger partial charge in [-0.2, -0.15) is 0 Å². The van der Waals surface area contributed by atoms with Crippen molar-refractivity contribution >= 4 is 5.97 Å². The highest BCUT2D eigenvalue weighted by molar-refractivity contribution is 5.66. The molecule has 0 spiro atoms. The van der Waals surface area contributed by atoms with Crippen molar-refractivity contribution in [3.63, 3.8) is 0 Å². The third-order valence-corrected chi connectivity index (χ3v) is 7.85. The third-order valence-electron chi connectivity index (χ3n) is 7.85. The molecule has 8 heteroatoms. The topological polar surface area (TPSA) is 96.2 Å². The maximum Gasteiger partial charge on any atom is 0.303 e. The Morgan fingerprint density at radius 1 is 1.08 bits per heavy atom. The van der Waals surface area contributed by atoms with Crippen molar-refractivity contribution in [3.05, 3.63) is 12.2 Å². The van der Waals surface area contributed by atoms with E-state index in [1.807, 2.05) is 6.92 Å². The van der Waals surface area contributed by atoms with Crippen molar-refractivity contribution in [2.24, 2.45) is 11.8 Å². The van der Waals surface area contributed by atoms with Crippen LogP contribution in [-0.2, 0) is 14.3 Å². The largest absolute Gasteiger partial charge is 0.481 e. The molecule has 0 aromatic carbocycles. The number of aliphatic hydroxyl groups excluding tert-OH is 2. The second kappa shape index (κ2) is 17.5. The zero-order chi connectivity index (χ0) is 27.1. The summed E-state index contributed by atoms with van der Waals surface area (Å²) in [6.45, 7) is 2.67. The van der Waals surface area contributed by atoms with Gasteiger partial charge in [0.2, 0.25) is 0 Å². The number of carboxylic acid groups (broad SMARTS) is 1. The Morgan fingerprint density at radius 3 is 2.46 bits per heavy atom. The number of rotatable bonds is 19. The highest BCUT2D eigenvalue weighted by atomic mass is 19.3. The first-order chi connectivity index (χ1) is 17.7. The Balaban J connectivity index is 1.93. The van der Waals surface area contributed by atoms with Crippen LogP contribution in [0.2, 0.25) is 0 Å². The molecule has 37 heavy (non-hydrogen) atoms. The summed E-state index contributed by atoms with van der Waals surface area (Å²) in [6.07, 6.45) is 12.0. The zero-order valence-electron chi connectivity index (χ0n) is 22.7. The minimum Gasteiger partial charge on any atom is -0.481 e. The molecule has 216 valence electrons. The minimum absolute atomic E-state index is 0.123. The molecular formula is C29H50F2O6. The van der Waals surface area contributed by atoms with Crippen molar-refractivity contribution in [1.82, 2.24) is 0 Å². The summed E-state index contributed by atoms with van der Waals surface area (Å²) in [5.41, 5.74) is 0. The predicted molar refractivity (Wildman–Crippen MR) is 139 cm³/mol. The zero-order valence-corrected chi connectivity index (χ0v) is 22.7. The molecule has 0 bridgehead atoms. The Kier molecular flexibility index (Phi) is 15.2. The Labute approximate surface area is 221 Å². The third kappa shape index (κ3) is 12.1. The summed E-state index contributed by atoms with van der Waals surface area (Å²) in [4.78, 5) is 10.6. The highest BCUT2D eigenvalue weighted by Crippen LogP contribution is 2.40. The normalized spacial score (nSPS) is 27.6. The van der Waals surface area contributed by atoms with Gasteiger partial charge in [0.15, 0.2) is 6.29 Å². The van der Waals surface area contributed by atoms with E-state index in [9.17, 15) is 23.8 Å². The maximum absolute atomic E-state index is 14.5. The number of carbonyl (C=O) groups is 1. The van der Waals surface area contributed by atoms with Crippen molar-refractivity contribution in [3.8, 4) is 0 Å². The monoisotopic (exact) mass is 532 g/mol. The quantitative estimate of drug-likeness (QED) is 0.128. The van der Waals surface area contributed by atoms with Crippen LogP contribution >= 0.6 is 0 Å². The summed E-state index contributed by atoms with van der Waals surface area (Å²) < 4.78 is 41.0. The van der Waals surface area contributed by atoms with Gasteiger partial charge in [-0.15, -0.1) is 0 Å². The first-order valence-electron chi connectivity index (χ1n) is 14.7. The Bertz CT molecular complexity index is 652. The average Bonchev–Trinajstić information content (AvgIpc) is 3.15. The van der Waals surface area contributed by atoms with Crippen molar-refractivity contribution < 1.29 is 38.4 Å². The van der Waals surface area contributed by atoms with Crippen LogP contribution in [-0.4, -0.2) is 58.4 Å². The Hall–Kier alpha value is -1.09. The van der Waals surface area contributed by atoms with Gasteiger partial charge in [0, 0.05) is 31.8 Å². The number of halogens is 2. The number of hydrogen-bond donors (Lipinski definition) is 3. The fraction of sp³-hybridized carbons (Fsp3) is 0.897. The minimum atomic E-state index is -3.18. The van der Waals surface area contributed by atoms with Crippen LogP contribution in [0.4, 0.5) is 8.78 Å². The molecule has 5 unspecified atom stereocenters. The molecule has 3 N–H and O–H groups in total. The number of aliphatic hydroxyl groups is 2. The van der Waals surface area contributed by atoms with E-state index in [4.69, 9.17) is 14.6 Å². The Morgan fingerprint density at radius 2 is 1.78 bits per heavy atom. The van der Waals surface area contributed by atoms with E-state index in [1.165, 1.54) is 6.08 Å². The summed E-state index contributed by atoms with van der Waals surface area (Å²) in [6, 6.07) is 0. The molecule has 6 atom stereocenters. The van der Waals surface area contributed by atoms with Gasteiger partial charge < -0.3 is 24.8 Å². The second-order valence-electron chi connectivity index (χ2n) is 11.0. The van der Waals surface area contributed by atoms with E-state index in [0.29, 0.717) is 25.9 Å². The lowest BCUT2D eigenvalue weighted by molar-refractivity contribution is -0.193. The van der Waals surface area contributed by atoms with Crippen LogP contribution in [0.25, 0.3) is 0 Å². The first-order valence-corrected chi connectivity index (χ1v) is 14.7. The van der Waals surface area contributed by atoms with Crippen LogP contribution in [0.15, 0.2) is 12.2 Å². The van der Waals surface area contributed by atoms with Gasteiger partial charge in [0.05, 0.1) is 12.2 Å². The summed E-state index contributed by atoms with van der Waals surface area (Å²) in [5.74, 6) is -4.33. The molecule has 1 aliphatic heterocycles. The molecule has 0 radical (unpaired) electrons. The van der Waals surface area contributed by atoms with Gasteiger partial charge in [-0.3, -0.25) is 4.79 Å². The van der Waals surface area contributed by atoms with Crippen molar-refractivity contribution in [1.29, 1.82) is 0 Å². The van der Waals surface area contributed by atoms with Gasteiger partial charge in [0.25, 0.3) is 5.92 Å². The van der Waals surface area contributed by atoms with Gasteiger partial charge >= 0.3 is 5.97 Å². The molecule has 1 heterocycles. The lowest BCUT2D eigenvalue weighted by Gasteiger charge is -2.29. The number of hydrogen-bond acceptors (Lipinski definition) is 5. The molecule has 2 rings (SSSR count). The molecule has 6 nitrogen and oxygen atoms in total. The van der Waals surface area contributed by atoms with E-state index in [0.717, 1.165) is 77.0 Å². The first kappa shape index (κ1) is 32.1. The van der Waals surface area contributed by atoms with Gasteiger partial charge in [-0.25, -0.2) is 8.78 Å². The number of unbranched alkanes of at least 4 members (excludes halogenated alkanes) is 8. The van der Waals surface area contributed by atoms with Crippen LogP contribution in [0.1, 0.15) is 116 Å². The SMILES string of the molecule is CCCCCCC(F)(F)C(O)C=C[C@H]1C(OC2CCCCO2)CC(O)C1CCCCCCCCC(=O)O. The predicted octanol–water partition coefficient (Wildman–Crippen LogP) is 6.62. The lowest BCUT2D eigenvalue weighted by atomic mass is 9.87. The van der Waals surface area contributed by atoms with E-state index in [1.54, 1.807) is 6.08 Å². The smallest absolute Gasteiger partial charge is 0.303 e. The van der Waals surface area contributed by atoms with E-state index >= 15 is 0 Å². The van der Waals surface area contributed by atoms with Crippen molar-refractivity contribution in [2.75, 3.05) is 6.61 Å². The maximum atomic E-state index is 14.5.